The second kappa shape index (κ2) is 6.57. The first-order valence-corrected chi connectivity index (χ1v) is 8.84. The number of amides is 1. The summed E-state index contributed by atoms with van der Waals surface area (Å²) in [5, 5.41) is 0. The van der Waals surface area contributed by atoms with Crippen LogP contribution in [0.4, 0.5) is 5.69 Å². The fourth-order valence-corrected chi connectivity index (χ4v) is 3.80. The van der Waals surface area contributed by atoms with Crippen LogP contribution in [-0.4, -0.2) is 17.7 Å². The number of fused-ring (bicyclic) bond motifs is 1. The molecular weight excluding hydrogens is 290 g/mol. The largest absolute Gasteiger partial charge is 0.308 e. The van der Waals surface area contributed by atoms with Gasteiger partial charge in [-0.2, -0.15) is 0 Å². The number of rotatable bonds is 4. The van der Waals surface area contributed by atoms with Crippen molar-refractivity contribution in [2.24, 2.45) is 0 Å². The zero-order chi connectivity index (χ0) is 15.5. The van der Waals surface area contributed by atoms with E-state index in [1.54, 1.807) is 11.8 Å². The third-order valence-electron chi connectivity index (χ3n) is 4.09. The summed E-state index contributed by atoms with van der Waals surface area (Å²) in [5.41, 5.74) is 4.92. The summed E-state index contributed by atoms with van der Waals surface area (Å²) in [6.07, 6.45) is 0.963. The summed E-state index contributed by atoms with van der Waals surface area (Å²) in [4.78, 5) is 14.5. The molecule has 0 saturated carbocycles. The third-order valence-corrected chi connectivity index (χ3v) is 5.08. The molecule has 2 aromatic carbocycles. The molecule has 3 heteroatoms. The lowest BCUT2D eigenvalue weighted by molar-refractivity contribution is -0.116. The van der Waals surface area contributed by atoms with Crippen LogP contribution in [0, 0.1) is 6.92 Å². The minimum atomic E-state index is 0.217. The Morgan fingerprint density at radius 3 is 2.68 bits per heavy atom. The predicted molar refractivity (Wildman–Crippen MR) is 94.4 cm³/mol. The van der Waals surface area contributed by atoms with Gasteiger partial charge in [0.1, 0.15) is 0 Å². The van der Waals surface area contributed by atoms with Gasteiger partial charge in [0, 0.05) is 17.5 Å². The standard InChI is InChI=1S/C19H21NOS/c1-14-7-9-16(10-8-14)12-22-13-19(21)20-15(2)11-17-5-3-4-6-18(17)20/h3-10,15H,11-13H2,1-2H3/t15-/m0/s1. The molecular formula is C19H21NOS. The van der Waals surface area contributed by atoms with E-state index < -0.39 is 0 Å². The molecule has 114 valence electrons. The molecule has 0 radical (unpaired) electrons. The minimum absolute atomic E-state index is 0.217. The molecule has 0 unspecified atom stereocenters. The van der Waals surface area contributed by atoms with Crippen LogP contribution in [0.25, 0.3) is 0 Å². The second-order valence-corrected chi connectivity index (χ2v) is 6.91. The highest BCUT2D eigenvalue weighted by Crippen LogP contribution is 2.32. The quantitative estimate of drug-likeness (QED) is 0.843. The van der Waals surface area contributed by atoms with E-state index in [4.69, 9.17) is 0 Å². The fraction of sp³-hybridized carbons (Fsp3) is 0.316. The number of anilines is 1. The van der Waals surface area contributed by atoms with E-state index >= 15 is 0 Å². The normalized spacial score (nSPS) is 16.6. The molecule has 0 saturated heterocycles. The molecule has 0 aliphatic carbocycles. The van der Waals surface area contributed by atoms with Crippen molar-refractivity contribution in [3.63, 3.8) is 0 Å². The molecule has 0 aromatic heterocycles. The van der Waals surface area contributed by atoms with Crippen molar-refractivity contribution in [2.75, 3.05) is 10.7 Å². The molecule has 2 aromatic rings. The van der Waals surface area contributed by atoms with Gasteiger partial charge in [-0.1, -0.05) is 48.0 Å². The van der Waals surface area contributed by atoms with Gasteiger partial charge in [0.05, 0.1) is 5.75 Å². The highest BCUT2D eigenvalue weighted by molar-refractivity contribution is 7.99. The topological polar surface area (TPSA) is 20.3 Å². The predicted octanol–water partition coefficient (Wildman–Crippen LogP) is 4.21. The first-order valence-electron chi connectivity index (χ1n) is 7.68. The molecule has 2 nitrogen and oxygen atoms in total. The van der Waals surface area contributed by atoms with E-state index in [2.05, 4.69) is 50.2 Å². The Labute approximate surface area is 136 Å². The van der Waals surface area contributed by atoms with E-state index in [-0.39, 0.29) is 11.9 Å². The lowest BCUT2D eigenvalue weighted by Crippen LogP contribution is -2.37. The maximum atomic E-state index is 12.6. The molecule has 1 aliphatic heterocycles. The van der Waals surface area contributed by atoms with Gasteiger partial charge in [0.25, 0.3) is 0 Å². The van der Waals surface area contributed by atoms with Crippen LogP contribution in [0.5, 0.6) is 0 Å². The number of aryl methyl sites for hydroxylation is 1. The van der Waals surface area contributed by atoms with Crippen LogP contribution in [0.2, 0.25) is 0 Å². The molecule has 1 atom stereocenters. The van der Waals surface area contributed by atoms with Crippen LogP contribution >= 0.6 is 11.8 Å². The molecule has 0 N–H and O–H groups in total. The van der Waals surface area contributed by atoms with E-state index in [0.717, 1.165) is 17.9 Å². The molecule has 1 heterocycles. The first-order chi connectivity index (χ1) is 10.6. The van der Waals surface area contributed by atoms with E-state index in [1.807, 2.05) is 17.0 Å². The maximum absolute atomic E-state index is 12.6. The molecule has 0 bridgehead atoms. The van der Waals surface area contributed by atoms with Gasteiger partial charge < -0.3 is 4.90 Å². The molecule has 0 spiro atoms. The van der Waals surface area contributed by atoms with Crippen molar-refractivity contribution in [3.05, 3.63) is 65.2 Å². The van der Waals surface area contributed by atoms with Gasteiger partial charge in [-0.3, -0.25) is 4.79 Å². The summed E-state index contributed by atoms with van der Waals surface area (Å²) in [6.45, 7) is 4.22. The van der Waals surface area contributed by atoms with Crippen LogP contribution in [-0.2, 0) is 17.0 Å². The van der Waals surface area contributed by atoms with Gasteiger partial charge in [-0.15, -0.1) is 11.8 Å². The van der Waals surface area contributed by atoms with E-state index in [0.29, 0.717) is 5.75 Å². The van der Waals surface area contributed by atoms with Crippen molar-refractivity contribution in [2.45, 2.75) is 32.1 Å². The first kappa shape index (κ1) is 15.2. The Bertz CT molecular complexity index is 665. The molecule has 1 amide bonds. The Kier molecular flexibility index (Phi) is 4.53. The number of carbonyl (C=O) groups is 1. The Hall–Kier alpha value is -1.74. The summed E-state index contributed by atoms with van der Waals surface area (Å²) >= 11 is 1.69. The van der Waals surface area contributed by atoms with Crippen molar-refractivity contribution < 1.29 is 4.79 Å². The second-order valence-electron chi connectivity index (χ2n) is 5.92. The van der Waals surface area contributed by atoms with Crippen LogP contribution in [0.1, 0.15) is 23.6 Å². The van der Waals surface area contributed by atoms with Gasteiger partial charge in [-0.25, -0.2) is 0 Å². The van der Waals surface area contributed by atoms with E-state index in [9.17, 15) is 4.79 Å². The zero-order valence-corrected chi connectivity index (χ0v) is 13.9. The van der Waals surface area contributed by atoms with Crippen LogP contribution in [0.3, 0.4) is 0 Å². The minimum Gasteiger partial charge on any atom is -0.308 e. The average molecular weight is 311 g/mol. The number of thioether (sulfide) groups is 1. The highest BCUT2D eigenvalue weighted by atomic mass is 32.2. The highest BCUT2D eigenvalue weighted by Gasteiger charge is 2.29. The van der Waals surface area contributed by atoms with Crippen LogP contribution in [0.15, 0.2) is 48.5 Å². The van der Waals surface area contributed by atoms with Crippen LogP contribution < -0.4 is 4.90 Å². The lowest BCUT2D eigenvalue weighted by atomic mass is 10.1. The number of carbonyl (C=O) groups excluding carboxylic acids is 1. The number of hydrogen-bond donors (Lipinski definition) is 0. The number of benzene rings is 2. The Balaban J connectivity index is 1.59. The zero-order valence-electron chi connectivity index (χ0n) is 13.1. The maximum Gasteiger partial charge on any atom is 0.237 e. The van der Waals surface area contributed by atoms with Gasteiger partial charge in [0.2, 0.25) is 5.91 Å². The summed E-state index contributed by atoms with van der Waals surface area (Å²) in [7, 11) is 0. The van der Waals surface area contributed by atoms with Crippen molar-refractivity contribution in [1.82, 2.24) is 0 Å². The summed E-state index contributed by atoms with van der Waals surface area (Å²) in [5.74, 6) is 1.64. The monoisotopic (exact) mass is 311 g/mol. The van der Waals surface area contributed by atoms with Crippen molar-refractivity contribution >= 4 is 23.4 Å². The lowest BCUT2D eigenvalue weighted by Gasteiger charge is -2.22. The molecule has 0 fully saturated rings. The van der Waals surface area contributed by atoms with Gasteiger partial charge >= 0.3 is 0 Å². The van der Waals surface area contributed by atoms with E-state index in [1.165, 1.54) is 16.7 Å². The number of hydrogen-bond acceptors (Lipinski definition) is 2. The molecule has 1 aliphatic rings. The summed E-state index contributed by atoms with van der Waals surface area (Å²) < 4.78 is 0. The average Bonchev–Trinajstić information content (AvgIpc) is 2.85. The summed E-state index contributed by atoms with van der Waals surface area (Å²) in [6, 6.07) is 17.0. The molecule has 22 heavy (non-hydrogen) atoms. The smallest absolute Gasteiger partial charge is 0.237 e. The van der Waals surface area contributed by atoms with Crippen molar-refractivity contribution in [3.8, 4) is 0 Å². The van der Waals surface area contributed by atoms with Crippen molar-refractivity contribution in [1.29, 1.82) is 0 Å². The SMILES string of the molecule is Cc1ccc(CSCC(=O)N2c3ccccc3C[C@@H]2C)cc1. The third kappa shape index (κ3) is 3.20. The van der Waals surface area contributed by atoms with Gasteiger partial charge in [0.15, 0.2) is 0 Å². The Morgan fingerprint density at radius 2 is 1.91 bits per heavy atom. The Morgan fingerprint density at radius 1 is 1.18 bits per heavy atom. The molecule has 3 rings (SSSR count). The van der Waals surface area contributed by atoms with Gasteiger partial charge in [-0.05, 0) is 37.5 Å². The fourth-order valence-electron chi connectivity index (χ4n) is 2.96. The number of nitrogens with zero attached hydrogens (tertiary/aromatic N) is 1. The number of para-hydroxylation sites is 1.